The Labute approximate surface area is 133 Å². The number of carboxylic acid groups (broad SMARTS) is 1. The third-order valence-corrected chi connectivity index (χ3v) is 4.22. The average Bonchev–Trinajstić information content (AvgIpc) is 2.49. The first-order valence-corrected chi connectivity index (χ1v) is 7.71. The van der Waals surface area contributed by atoms with Crippen molar-refractivity contribution in [2.45, 2.75) is 9.92 Å². The molecule has 0 amide bonds. The summed E-state index contributed by atoms with van der Waals surface area (Å²) in [7, 11) is 0. The molecule has 0 radical (unpaired) electrons. The van der Waals surface area contributed by atoms with Crippen LogP contribution in [0, 0.1) is 0 Å². The average molecular weight is 368 g/mol. The Kier molecular flexibility index (Phi) is 4.03. The summed E-state index contributed by atoms with van der Waals surface area (Å²) in [5.74, 6) is 0.358. The summed E-state index contributed by atoms with van der Waals surface area (Å²) in [4.78, 5) is 16.3. The van der Waals surface area contributed by atoms with Crippen molar-refractivity contribution >= 4 is 33.7 Å². The van der Waals surface area contributed by atoms with Crippen molar-refractivity contribution in [3.8, 4) is 11.5 Å². The molecule has 1 N–H and O–H groups in total. The number of aromatic carboxylic acids is 1. The standard InChI is InChI=1S/C14H10BrNO4S/c15-8-5-10(14(17)18)13(16-7-8)21-9-1-2-11-12(6-9)20-4-3-19-11/h1-2,5-7H,3-4H2,(H,17,18). The highest BCUT2D eigenvalue weighted by atomic mass is 79.9. The number of hydrogen-bond donors (Lipinski definition) is 1. The number of hydrogen-bond acceptors (Lipinski definition) is 5. The van der Waals surface area contributed by atoms with E-state index in [9.17, 15) is 9.90 Å². The summed E-state index contributed by atoms with van der Waals surface area (Å²) in [6, 6.07) is 7.04. The molecule has 0 spiro atoms. The van der Waals surface area contributed by atoms with Crippen molar-refractivity contribution in [1.29, 1.82) is 0 Å². The lowest BCUT2D eigenvalue weighted by molar-refractivity contribution is 0.0692. The van der Waals surface area contributed by atoms with E-state index in [4.69, 9.17) is 9.47 Å². The minimum atomic E-state index is -1.01. The predicted octanol–water partition coefficient (Wildman–Crippen LogP) is 3.46. The van der Waals surface area contributed by atoms with Gasteiger partial charge in [-0.15, -0.1) is 0 Å². The predicted molar refractivity (Wildman–Crippen MR) is 80.5 cm³/mol. The first-order chi connectivity index (χ1) is 10.1. The van der Waals surface area contributed by atoms with Crippen molar-refractivity contribution in [3.05, 3.63) is 40.5 Å². The highest BCUT2D eigenvalue weighted by Crippen LogP contribution is 2.37. The number of ether oxygens (including phenoxy) is 2. The lowest BCUT2D eigenvalue weighted by Crippen LogP contribution is -2.15. The van der Waals surface area contributed by atoms with Gasteiger partial charge in [-0.3, -0.25) is 0 Å². The number of aromatic nitrogens is 1. The van der Waals surface area contributed by atoms with Gasteiger partial charge in [0.05, 0.1) is 5.56 Å². The van der Waals surface area contributed by atoms with Gasteiger partial charge in [0.2, 0.25) is 0 Å². The van der Waals surface area contributed by atoms with Crippen LogP contribution in [0.3, 0.4) is 0 Å². The van der Waals surface area contributed by atoms with Crippen LogP contribution < -0.4 is 9.47 Å². The molecule has 1 aliphatic rings. The van der Waals surface area contributed by atoms with E-state index in [2.05, 4.69) is 20.9 Å². The molecule has 5 nitrogen and oxygen atoms in total. The third kappa shape index (κ3) is 3.14. The second-order valence-corrected chi connectivity index (χ2v) is 6.20. The zero-order chi connectivity index (χ0) is 14.8. The summed E-state index contributed by atoms with van der Waals surface area (Å²) >= 11 is 4.50. The van der Waals surface area contributed by atoms with E-state index in [1.54, 1.807) is 6.20 Å². The minimum absolute atomic E-state index is 0.157. The van der Waals surface area contributed by atoms with Gasteiger partial charge in [-0.1, -0.05) is 11.8 Å². The number of carboxylic acids is 1. The van der Waals surface area contributed by atoms with Gasteiger partial charge in [0.25, 0.3) is 0 Å². The number of pyridine rings is 1. The fourth-order valence-corrected chi connectivity index (χ4v) is 3.08. The van der Waals surface area contributed by atoms with Crippen molar-refractivity contribution < 1.29 is 19.4 Å². The van der Waals surface area contributed by atoms with Gasteiger partial charge >= 0.3 is 5.97 Å². The summed E-state index contributed by atoms with van der Waals surface area (Å²) in [6.07, 6.45) is 1.58. The maximum absolute atomic E-state index is 11.3. The molecule has 0 bridgehead atoms. The topological polar surface area (TPSA) is 68.7 Å². The quantitative estimate of drug-likeness (QED) is 0.895. The van der Waals surface area contributed by atoms with Gasteiger partial charge in [-0.2, -0.15) is 0 Å². The van der Waals surface area contributed by atoms with Crippen LogP contribution in [0.15, 0.2) is 44.9 Å². The number of rotatable bonds is 3. The van der Waals surface area contributed by atoms with E-state index < -0.39 is 5.97 Å². The van der Waals surface area contributed by atoms with Crippen molar-refractivity contribution in [3.63, 3.8) is 0 Å². The number of nitrogens with zero attached hydrogens (tertiary/aromatic N) is 1. The molecule has 0 saturated carbocycles. The lowest BCUT2D eigenvalue weighted by atomic mass is 10.3. The lowest BCUT2D eigenvalue weighted by Gasteiger charge is -2.18. The zero-order valence-electron chi connectivity index (χ0n) is 10.7. The first-order valence-electron chi connectivity index (χ1n) is 6.10. The van der Waals surface area contributed by atoms with Crippen molar-refractivity contribution in [2.24, 2.45) is 0 Å². The van der Waals surface area contributed by atoms with Crippen LogP contribution in [0.1, 0.15) is 10.4 Å². The Balaban J connectivity index is 1.92. The molecule has 1 aliphatic heterocycles. The zero-order valence-corrected chi connectivity index (χ0v) is 13.1. The molecule has 0 fully saturated rings. The number of halogens is 1. The van der Waals surface area contributed by atoms with E-state index in [0.717, 1.165) is 4.90 Å². The number of benzene rings is 1. The molecule has 108 valence electrons. The maximum atomic E-state index is 11.3. The summed E-state index contributed by atoms with van der Waals surface area (Å²) in [5.41, 5.74) is 0.157. The summed E-state index contributed by atoms with van der Waals surface area (Å²) in [6.45, 7) is 1.05. The molecular formula is C14H10BrNO4S. The van der Waals surface area contributed by atoms with Crippen LogP contribution in [0.25, 0.3) is 0 Å². The van der Waals surface area contributed by atoms with E-state index in [1.807, 2.05) is 18.2 Å². The van der Waals surface area contributed by atoms with E-state index in [0.29, 0.717) is 34.2 Å². The number of fused-ring (bicyclic) bond motifs is 1. The van der Waals surface area contributed by atoms with Crippen molar-refractivity contribution in [2.75, 3.05) is 13.2 Å². The fourth-order valence-electron chi connectivity index (χ4n) is 1.86. The second kappa shape index (κ2) is 5.95. The molecule has 2 aromatic rings. The normalized spacial score (nSPS) is 13.0. The highest BCUT2D eigenvalue weighted by Gasteiger charge is 2.16. The molecule has 3 rings (SSSR count). The highest BCUT2D eigenvalue weighted by molar-refractivity contribution is 9.10. The Morgan fingerprint density at radius 1 is 1.24 bits per heavy atom. The van der Waals surface area contributed by atoms with Crippen LogP contribution in [-0.4, -0.2) is 29.3 Å². The molecule has 2 heterocycles. The van der Waals surface area contributed by atoms with E-state index in [1.165, 1.54) is 17.8 Å². The van der Waals surface area contributed by atoms with Crippen LogP contribution in [0.2, 0.25) is 0 Å². The fraction of sp³-hybridized carbons (Fsp3) is 0.143. The third-order valence-electron chi connectivity index (χ3n) is 2.78. The van der Waals surface area contributed by atoms with Gasteiger partial charge in [0.1, 0.15) is 18.2 Å². The molecule has 0 unspecified atom stereocenters. The van der Waals surface area contributed by atoms with Gasteiger partial charge < -0.3 is 14.6 Å². The van der Waals surface area contributed by atoms with Crippen LogP contribution in [0.4, 0.5) is 0 Å². The van der Waals surface area contributed by atoms with Gasteiger partial charge in [0.15, 0.2) is 11.5 Å². The number of carbonyl (C=O) groups is 1. The Morgan fingerprint density at radius 3 is 2.76 bits per heavy atom. The van der Waals surface area contributed by atoms with Gasteiger partial charge in [0, 0.05) is 15.6 Å². The smallest absolute Gasteiger partial charge is 0.338 e. The molecule has 1 aromatic carbocycles. The van der Waals surface area contributed by atoms with E-state index >= 15 is 0 Å². The molecular weight excluding hydrogens is 358 g/mol. The van der Waals surface area contributed by atoms with Crippen LogP contribution in [0.5, 0.6) is 11.5 Å². The minimum Gasteiger partial charge on any atom is -0.486 e. The van der Waals surface area contributed by atoms with Crippen LogP contribution >= 0.6 is 27.7 Å². The van der Waals surface area contributed by atoms with Crippen molar-refractivity contribution in [1.82, 2.24) is 4.98 Å². The SMILES string of the molecule is O=C(O)c1cc(Br)cnc1Sc1ccc2c(c1)OCCO2. The van der Waals surface area contributed by atoms with Gasteiger partial charge in [-0.25, -0.2) is 9.78 Å². The molecule has 0 atom stereocenters. The molecule has 21 heavy (non-hydrogen) atoms. The monoisotopic (exact) mass is 367 g/mol. The molecule has 1 aromatic heterocycles. The Morgan fingerprint density at radius 2 is 2.00 bits per heavy atom. The van der Waals surface area contributed by atoms with Crippen LogP contribution in [-0.2, 0) is 0 Å². The largest absolute Gasteiger partial charge is 0.486 e. The first kappa shape index (κ1) is 14.2. The Bertz CT molecular complexity index is 707. The maximum Gasteiger partial charge on any atom is 0.338 e. The Hall–Kier alpha value is -1.73. The van der Waals surface area contributed by atoms with Gasteiger partial charge in [-0.05, 0) is 40.2 Å². The second-order valence-electron chi connectivity index (χ2n) is 4.22. The summed E-state index contributed by atoms with van der Waals surface area (Å²) < 4.78 is 11.6. The molecule has 0 aliphatic carbocycles. The van der Waals surface area contributed by atoms with E-state index in [-0.39, 0.29) is 5.56 Å². The molecule has 0 saturated heterocycles. The molecule has 7 heteroatoms. The summed E-state index contributed by atoms with van der Waals surface area (Å²) in [5, 5.41) is 9.67.